The molecule has 0 atom stereocenters. The quantitative estimate of drug-likeness (QED) is 0.196. The van der Waals surface area contributed by atoms with Crippen LogP contribution in [0, 0.1) is 6.92 Å². The molecule has 0 aliphatic carbocycles. The third-order valence-electron chi connectivity index (χ3n) is 5.07. The number of aryl methyl sites for hydroxylation is 1. The molecule has 0 bridgehead atoms. The van der Waals surface area contributed by atoms with Gasteiger partial charge in [0.25, 0.3) is 5.91 Å². The van der Waals surface area contributed by atoms with Crippen LogP contribution in [0.1, 0.15) is 31.8 Å². The zero-order valence-corrected chi connectivity index (χ0v) is 18.2. The van der Waals surface area contributed by atoms with E-state index in [1.165, 1.54) is 13.3 Å². The van der Waals surface area contributed by atoms with Crippen LogP contribution in [-0.2, 0) is 0 Å². The van der Waals surface area contributed by atoms with E-state index in [4.69, 9.17) is 9.47 Å². The first kappa shape index (κ1) is 21.8. The van der Waals surface area contributed by atoms with E-state index in [0.29, 0.717) is 22.4 Å². The number of fused-ring (bicyclic) bond motifs is 1. The molecular formula is C27H22N2O4. The van der Waals surface area contributed by atoms with Gasteiger partial charge in [-0.3, -0.25) is 4.79 Å². The summed E-state index contributed by atoms with van der Waals surface area (Å²) in [5.74, 6) is -0.149. The average molecular weight is 438 g/mol. The Hall–Kier alpha value is -4.45. The van der Waals surface area contributed by atoms with Gasteiger partial charge in [-0.15, -0.1) is 0 Å². The van der Waals surface area contributed by atoms with E-state index in [2.05, 4.69) is 10.5 Å². The van der Waals surface area contributed by atoms with Crippen molar-refractivity contribution in [2.75, 3.05) is 7.11 Å². The number of nitrogens with one attached hydrogen (secondary N) is 1. The average Bonchev–Trinajstić information content (AvgIpc) is 2.84. The van der Waals surface area contributed by atoms with Gasteiger partial charge in [0.1, 0.15) is 0 Å². The highest BCUT2D eigenvalue weighted by atomic mass is 16.6. The summed E-state index contributed by atoms with van der Waals surface area (Å²) >= 11 is 0. The molecule has 0 fully saturated rings. The van der Waals surface area contributed by atoms with Crippen molar-refractivity contribution >= 4 is 28.9 Å². The summed E-state index contributed by atoms with van der Waals surface area (Å²) in [6, 6.07) is 25.4. The van der Waals surface area contributed by atoms with Crippen molar-refractivity contribution in [3.8, 4) is 11.5 Å². The number of benzene rings is 4. The lowest BCUT2D eigenvalue weighted by Gasteiger charge is -2.10. The Kier molecular flexibility index (Phi) is 6.45. The Balaban J connectivity index is 1.46. The molecular weight excluding hydrogens is 416 g/mol. The Morgan fingerprint density at radius 2 is 1.55 bits per heavy atom. The van der Waals surface area contributed by atoms with Gasteiger partial charge in [0.15, 0.2) is 11.5 Å². The highest BCUT2D eigenvalue weighted by Gasteiger charge is 2.13. The number of carbonyl (C=O) groups excluding carboxylic acids is 2. The minimum Gasteiger partial charge on any atom is -0.493 e. The van der Waals surface area contributed by atoms with Gasteiger partial charge in [0, 0.05) is 5.56 Å². The van der Waals surface area contributed by atoms with Gasteiger partial charge in [-0.2, -0.15) is 5.10 Å². The Bertz CT molecular complexity index is 1340. The van der Waals surface area contributed by atoms with E-state index in [-0.39, 0.29) is 11.7 Å². The topological polar surface area (TPSA) is 77.0 Å². The van der Waals surface area contributed by atoms with Gasteiger partial charge < -0.3 is 9.47 Å². The summed E-state index contributed by atoms with van der Waals surface area (Å²) in [6.45, 7) is 1.94. The fourth-order valence-corrected chi connectivity index (χ4v) is 3.26. The van der Waals surface area contributed by atoms with Crippen molar-refractivity contribution in [2.45, 2.75) is 6.92 Å². The minimum atomic E-state index is -0.494. The predicted octanol–water partition coefficient (Wildman–Crippen LogP) is 5.14. The van der Waals surface area contributed by atoms with Gasteiger partial charge in [0.05, 0.1) is 18.9 Å². The standard InChI is InChI=1S/C27H22N2O4/c1-18-7-10-21(11-8-18)27(31)33-25-15-19(9-14-24(25)32-2)17-28-29-26(30)23-13-12-20-5-3-4-6-22(20)16-23/h3-17H,1-2H3,(H,29,30)/b28-17-. The summed E-state index contributed by atoms with van der Waals surface area (Å²) in [4.78, 5) is 24.9. The van der Waals surface area contributed by atoms with Crippen LogP contribution in [0.4, 0.5) is 0 Å². The third-order valence-corrected chi connectivity index (χ3v) is 5.07. The van der Waals surface area contributed by atoms with E-state index in [0.717, 1.165) is 16.3 Å². The van der Waals surface area contributed by atoms with E-state index in [1.807, 2.05) is 55.5 Å². The highest BCUT2D eigenvalue weighted by Crippen LogP contribution is 2.28. The van der Waals surface area contributed by atoms with Crippen LogP contribution >= 0.6 is 0 Å². The van der Waals surface area contributed by atoms with Gasteiger partial charge >= 0.3 is 5.97 Å². The largest absolute Gasteiger partial charge is 0.493 e. The summed E-state index contributed by atoms with van der Waals surface area (Å²) in [5.41, 5.74) is 5.14. The molecule has 6 heteroatoms. The normalized spacial score (nSPS) is 10.8. The maximum atomic E-state index is 12.5. The first-order chi connectivity index (χ1) is 16.0. The molecule has 0 saturated heterocycles. The lowest BCUT2D eigenvalue weighted by molar-refractivity contribution is 0.0729. The lowest BCUT2D eigenvalue weighted by atomic mass is 10.1. The van der Waals surface area contributed by atoms with E-state index >= 15 is 0 Å². The number of nitrogens with zero attached hydrogens (tertiary/aromatic N) is 1. The fourth-order valence-electron chi connectivity index (χ4n) is 3.26. The number of esters is 1. The van der Waals surface area contributed by atoms with Gasteiger partial charge in [-0.25, -0.2) is 10.2 Å². The molecule has 6 nitrogen and oxygen atoms in total. The van der Waals surface area contributed by atoms with Crippen molar-refractivity contribution in [3.63, 3.8) is 0 Å². The van der Waals surface area contributed by atoms with Crippen LogP contribution in [0.2, 0.25) is 0 Å². The summed E-state index contributed by atoms with van der Waals surface area (Å²) in [6.07, 6.45) is 1.47. The van der Waals surface area contributed by atoms with Crippen LogP contribution < -0.4 is 14.9 Å². The Labute approximate surface area is 191 Å². The van der Waals surface area contributed by atoms with Crippen LogP contribution in [0.3, 0.4) is 0 Å². The number of hydrogen-bond donors (Lipinski definition) is 1. The number of methoxy groups -OCH3 is 1. The fraction of sp³-hybridized carbons (Fsp3) is 0.0741. The first-order valence-corrected chi connectivity index (χ1v) is 10.3. The van der Waals surface area contributed by atoms with Gasteiger partial charge in [0.2, 0.25) is 0 Å². The molecule has 33 heavy (non-hydrogen) atoms. The van der Waals surface area contributed by atoms with Gasteiger partial charge in [-0.05, 0) is 65.7 Å². The summed E-state index contributed by atoms with van der Waals surface area (Å²) in [5, 5.41) is 6.07. The second-order valence-electron chi connectivity index (χ2n) is 7.43. The monoisotopic (exact) mass is 438 g/mol. The molecule has 4 aromatic rings. The summed E-state index contributed by atoms with van der Waals surface area (Å²) in [7, 11) is 1.50. The molecule has 0 saturated carbocycles. The smallest absolute Gasteiger partial charge is 0.343 e. The number of carbonyl (C=O) groups is 2. The molecule has 4 rings (SSSR count). The maximum absolute atomic E-state index is 12.5. The Morgan fingerprint density at radius 1 is 0.818 bits per heavy atom. The van der Waals surface area contributed by atoms with E-state index < -0.39 is 5.97 Å². The molecule has 4 aromatic carbocycles. The molecule has 0 aliphatic heterocycles. The predicted molar refractivity (Wildman–Crippen MR) is 128 cm³/mol. The molecule has 164 valence electrons. The second-order valence-corrected chi connectivity index (χ2v) is 7.43. The van der Waals surface area contributed by atoms with E-state index in [9.17, 15) is 9.59 Å². The highest BCUT2D eigenvalue weighted by molar-refractivity contribution is 5.99. The van der Waals surface area contributed by atoms with Crippen molar-refractivity contribution in [1.29, 1.82) is 0 Å². The van der Waals surface area contributed by atoms with E-state index in [1.54, 1.807) is 36.4 Å². The van der Waals surface area contributed by atoms with Crippen LogP contribution in [0.25, 0.3) is 10.8 Å². The maximum Gasteiger partial charge on any atom is 0.343 e. The van der Waals surface area contributed by atoms with Crippen molar-refractivity contribution < 1.29 is 19.1 Å². The molecule has 1 amide bonds. The molecule has 0 aromatic heterocycles. The molecule has 0 unspecified atom stereocenters. The molecule has 0 aliphatic rings. The number of hydrogen-bond acceptors (Lipinski definition) is 5. The zero-order valence-electron chi connectivity index (χ0n) is 18.2. The van der Waals surface area contributed by atoms with Crippen LogP contribution in [-0.4, -0.2) is 25.2 Å². The molecule has 0 radical (unpaired) electrons. The lowest BCUT2D eigenvalue weighted by Crippen LogP contribution is -2.17. The molecule has 0 heterocycles. The zero-order chi connectivity index (χ0) is 23.2. The van der Waals surface area contributed by atoms with Crippen LogP contribution in [0.15, 0.2) is 90.0 Å². The first-order valence-electron chi connectivity index (χ1n) is 10.3. The van der Waals surface area contributed by atoms with Crippen molar-refractivity contribution in [2.24, 2.45) is 5.10 Å². The second kappa shape index (κ2) is 9.78. The summed E-state index contributed by atoms with van der Waals surface area (Å²) < 4.78 is 10.8. The minimum absolute atomic E-state index is 0.257. The van der Waals surface area contributed by atoms with Crippen molar-refractivity contribution in [1.82, 2.24) is 5.43 Å². The van der Waals surface area contributed by atoms with Crippen LogP contribution in [0.5, 0.6) is 11.5 Å². The molecule has 0 spiro atoms. The Morgan fingerprint density at radius 3 is 2.30 bits per heavy atom. The van der Waals surface area contributed by atoms with Crippen molar-refractivity contribution in [3.05, 3.63) is 107 Å². The number of amides is 1. The van der Waals surface area contributed by atoms with Gasteiger partial charge in [-0.1, -0.05) is 48.0 Å². The third kappa shape index (κ3) is 5.25. The number of ether oxygens (including phenoxy) is 2. The SMILES string of the molecule is COc1ccc(/C=N\NC(=O)c2ccc3ccccc3c2)cc1OC(=O)c1ccc(C)cc1. The number of rotatable bonds is 6. The molecule has 1 N–H and O–H groups in total. The number of hydrazone groups is 1.